The number of Topliss-reactive ketones (excluding diaryl/α,β-unsaturated/α-hetero) is 1. The van der Waals surface area contributed by atoms with Crippen LogP contribution in [0.3, 0.4) is 0 Å². The second-order valence-electron chi connectivity index (χ2n) is 8.27. The number of aliphatic hydroxyl groups excluding tert-OH is 1. The number of ether oxygens (including phenoxy) is 1. The average Bonchev–Trinajstić information content (AvgIpc) is 2.86. The SMILES string of the molecule is CC/C(=C\C=O)C1=CCCC2C=C(N=C(C(=O)CCCC(CO)C(=O)OC)C2)C(C(F)(F)F)=C1. The van der Waals surface area contributed by atoms with Crippen LogP contribution in [-0.2, 0) is 19.1 Å². The normalized spacial score (nSPS) is 19.9. The summed E-state index contributed by atoms with van der Waals surface area (Å²) in [6, 6.07) is 0. The maximum absolute atomic E-state index is 14.0. The number of methoxy groups -OCH3 is 1. The highest BCUT2D eigenvalue weighted by atomic mass is 19.4. The zero-order chi connectivity index (χ0) is 25.3. The zero-order valence-corrected chi connectivity index (χ0v) is 19.4. The van der Waals surface area contributed by atoms with Gasteiger partial charge in [0, 0.05) is 6.42 Å². The number of carbonyl (C=O) groups is 3. The van der Waals surface area contributed by atoms with Crippen molar-refractivity contribution in [2.45, 2.75) is 58.0 Å². The molecule has 0 aromatic carbocycles. The molecule has 2 atom stereocenters. The summed E-state index contributed by atoms with van der Waals surface area (Å²) in [7, 11) is 1.21. The Morgan fingerprint density at radius 1 is 1.35 bits per heavy atom. The molecule has 1 heterocycles. The summed E-state index contributed by atoms with van der Waals surface area (Å²) >= 11 is 0. The molecule has 0 saturated heterocycles. The van der Waals surface area contributed by atoms with Crippen LogP contribution in [0.25, 0.3) is 0 Å². The van der Waals surface area contributed by atoms with Crippen LogP contribution in [0.4, 0.5) is 13.2 Å². The number of halogens is 3. The molecule has 0 saturated carbocycles. The predicted octanol–water partition coefficient (Wildman–Crippen LogP) is 4.60. The Kier molecular flexibility index (Phi) is 10.2. The van der Waals surface area contributed by atoms with Gasteiger partial charge in [0.05, 0.1) is 36.6 Å². The van der Waals surface area contributed by atoms with Crippen molar-refractivity contribution in [1.82, 2.24) is 0 Å². The van der Waals surface area contributed by atoms with Gasteiger partial charge in [0.2, 0.25) is 0 Å². The highest BCUT2D eigenvalue weighted by molar-refractivity contribution is 6.40. The van der Waals surface area contributed by atoms with E-state index in [1.807, 2.05) is 0 Å². The zero-order valence-electron chi connectivity index (χ0n) is 19.4. The van der Waals surface area contributed by atoms with Gasteiger partial charge in [-0.05, 0) is 67.7 Å². The number of alkyl halides is 3. The highest BCUT2D eigenvalue weighted by Gasteiger charge is 2.38. The third-order valence-corrected chi connectivity index (χ3v) is 5.94. The Morgan fingerprint density at radius 3 is 2.68 bits per heavy atom. The highest BCUT2D eigenvalue weighted by Crippen LogP contribution is 2.38. The van der Waals surface area contributed by atoms with E-state index in [4.69, 9.17) is 0 Å². The minimum atomic E-state index is -4.70. The molecule has 6 nitrogen and oxygen atoms in total. The fourth-order valence-corrected chi connectivity index (χ4v) is 4.07. The quantitative estimate of drug-likeness (QED) is 0.280. The molecule has 2 aliphatic rings. The van der Waals surface area contributed by atoms with Crippen LogP contribution in [0.2, 0.25) is 0 Å². The van der Waals surface area contributed by atoms with Crippen molar-refractivity contribution in [2.24, 2.45) is 16.8 Å². The monoisotopic (exact) mass is 481 g/mol. The van der Waals surface area contributed by atoms with Crippen molar-refractivity contribution in [3.63, 3.8) is 0 Å². The standard InChI is InChI=1S/C25H30F3NO5/c1-3-17(10-11-30)18-7-4-6-16-12-21(20(14-18)25(26,27)28)29-22(13-16)23(32)9-5-8-19(15-31)24(33)34-2/h7,10-12,14,16,19,31H,3-6,8-9,13,15H2,1-2H3/b17-10+,18-7?,20-14?. The molecule has 0 amide bonds. The van der Waals surface area contributed by atoms with E-state index >= 15 is 0 Å². The van der Waals surface area contributed by atoms with Gasteiger partial charge < -0.3 is 9.84 Å². The molecule has 2 unspecified atom stereocenters. The smallest absolute Gasteiger partial charge is 0.418 e. The number of fused-ring (bicyclic) bond motifs is 1. The number of aliphatic imine (C=N–C) groups is 1. The van der Waals surface area contributed by atoms with E-state index < -0.39 is 30.2 Å². The first-order valence-electron chi connectivity index (χ1n) is 11.3. The van der Waals surface area contributed by atoms with Crippen LogP contribution < -0.4 is 0 Å². The lowest BCUT2D eigenvalue weighted by Gasteiger charge is -2.22. The fourth-order valence-electron chi connectivity index (χ4n) is 4.07. The Balaban J connectivity index is 2.32. The minimum Gasteiger partial charge on any atom is -0.469 e. The Morgan fingerprint density at radius 2 is 2.09 bits per heavy atom. The molecule has 1 N–H and O–H groups in total. The molecule has 0 fully saturated rings. The molecule has 186 valence electrons. The lowest BCUT2D eigenvalue weighted by molar-refractivity contribution is -0.147. The Labute approximate surface area is 197 Å². The molecule has 1 aliphatic carbocycles. The summed E-state index contributed by atoms with van der Waals surface area (Å²) in [5, 5.41) is 9.29. The average molecular weight is 482 g/mol. The van der Waals surface area contributed by atoms with Gasteiger partial charge in [0.25, 0.3) is 0 Å². The molecule has 9 heteroatoms. The van der Waals surface area contributed by atoms with Gasteiger partial charge in [0.1, 0.15) is 6.29 Å². The van der Waals surface area contributed by atoms with Crippen molar-refractivity contribution in [3.05, 3.63) is 46.7 Å². The van der Waals surface area contributed by atoms with E-state index in [0.29, 0.717) is 36.7 Å². The molecule has 0 radical (unpaired) electrons. The summed E-state index contributed by atoms with van der Waals surface area (Å²) in [4.78, 5) is 39.4. The van der Waals surface area contributed by atoms with E-state index in [1.54, 1.807) is 13.0 Å². The van der Waals surface area contributed by atoms with Crippen molar-refractivity contribution < 1.29 is 37.4 Å². The van der Waals surface area contributed by atoms with Gasteiger partial charge in [-0.3, -0.25) is 14.4 Å². The number of aldehydes is 1. The number of hydrogen-bond donors (Lipinski definition) is 1. The topological polar surface area (TPSA) is 93.0 Å². The van der Waals surface area contributed by atoms with Gasteiger partial charge >= 0.3 is 12.1 Å². The van der Waals surface area contributed by atoms with Gasteiger partial charge in [0.15, 0.2) is 5.78 Å². The fraction of sp³-hybridized carbons (Fsp3) is 0.520. The van der Waals surface area contributed by atoms with E-state index in [0.717, 1.165) is 6.08 Å². The number of allylic oxidation sites excluding steroid dienone is 7. The van der Waals surface area contributed by atoms with Crippen LogP contribution in [0, 0.1) is 11.8 Å². The third-order valence-electron chi connectivity index (χ3n) is 5.94. The maximum atomic E-state index is 14.0. The molecule has 0 aromatic heterocycles. The predicted molar refractivity (Wildman–Crippen MR) is 121 cm³/mol. The van der Waals surface area contributed by atoms with Crippen LogP contribution in [0.1, 0.15) is 51.9 Å². The molecule has 1 aliphatic heterocycles. The summed E-state index contributed by atoms with van der Waals surface area (Å²) in [6.45, 7) is 1.35. The molecular weight excluding hydrogens is 451 g/mol. The van der Waals surface area contributed by atoms with E-state index in [2.05, 4.69) is 9.73 Å². The van der Waals surface area contributed by atoms with E-state index in [9.17, 15) is 32.7 Å². The van der Waals surface area contributed by atoms with Gasteiger partial charge in [-0.2, -0.15) is 13.2 Å². The minimum absolute atomic E-state index is 0.00293. The number of aliphatic hydroxyl groups is 1. The molecule has 0 aromatic rings. The summed E-state index contributed by atoms with van der Waals surface area (Å²) in [5.74, 6) is -1.98. The molecule has 2 bridgehead atoms. The lowest BCUT2D eigenvalue weighted by Crippen LogP contribution is -2.24. The summed E-state index contributed by atoms with van der Waals surface area (Å²) in [6.07, 6.45) is 3.44. The second kappa shape index (κ2) is 12.6. The number of carbonyl (C=O) groups excluding carboxylic acids is 3. The molecule has 34 heavy (non-hydrogen) atoms. The van der Waals surface area contributed by atoms with Crippen LogP contribution in [0.15, 0.2) is 51.7 Å². The first-order valence-corrected chi connectivity index (χ1v) is 11.3. The van der Waals surface area contributed by atoms with Crippen molar-refractivity contribution in [2.75, 3.05) is 13.7 Å². The summed E-state index contributed by atoms with van der Waals surface area (Å²) < 4.78 is 46.7. The first-order chi connectivity index (χ1) is 16.1. The Hall–Kier alpha value is -2.81. The Bertz CT molecular complexity index is 941. The second-order valence-corrected chi connectivity index (χ2v) is 8.27. The van der Waals surface area contributed by atoms with Crippen molar-refractivity contribution in [3.8, 4) is 0 Å². The number of esters is 1. The maximum Gasteiger partial charge on any atom is 0.418 e. The first kappa shape index (κ1) is 27.4. The van der Waals surface area contributed by atoms with Crippen LogP contribution in [0.5, 0.6) is 0 Å². The van der Waals surface area contributed by atoms with Crippen molar-refractivity contribution in [1.29, 1.82) is 0 Å². The van der Waals surface area contributed by atoms with Gasteiger partial charge in [-0.25, -0.2) is 4.99 Å². The van der Waals surface area contributed by atoms with Gasteiger partial charge in [-0.15, -0.1) is 0 Å². The van der Waals surface area contributed by atoms with E-state index in [-0.39, 0.29) is 48.8 Å². The molecule has 0 spiro atoms. The number of hydrogen-bond acceptors (Lipinski definition) is 6. The van der Waals surface area contributed by atoms with Crippen molar-refractivity contribution >= 4 is 23.8 Å². The third kappa shape index (κ3) is 7.35. The largest absolute Gasteiger partial charge is 0.469 e. The summed E-state index contributed by atoms with van der Waals surface area (Å²) in [5.41, 5.74) is -0.329. The van der Waals surface area contributed by atoms with Crippen LogP contribution >= 0.6 is 0 Å². The van der Waals surface area contributed by atoms with Gasteiger partial charge in [-0.1, -0.05) is 19.1 Å². The van der Waals surface area contributed by atoms with Crippen LogP contribution in [-0.4, -0.2) is 48.7 Å². The van der Waals surface area contributed by atoms with E-state index in [1.165, 1.54) is 19.3 Å². The number of rotatable bonds is 10. The molecular formula is C25H30F3NO5. The lowest BCUT2D eigenvalue weighted by atomic mass is 9.89. The molecule has 2 rings (SSSR count). The number of ketones is 1. The number of nitrogens with zero attached hydrogens (tertiary/aromatic N) is 1.